The summed E-state index contributed by atoms with van der Waals surface area (Å²) in [6.07, 6.45) is 4.68. The van der Waals surface area contributed by atoms with E-state index in [2.05, 4.69) is 24.5 Å². The van der Waals surface area contributed by atoms with Crippen molar-refractivity contribution in [1.29, 1.82) is 0 Å². The number of esters is 1. The van der Waals surface area contributed by atoms with Gasteiger partial charge in [-0.15, -0.1) is 6.58 Å². The molecule has 0 saturated carbocycles. The van der Waals surface area contributed by atoms with E-state index in [1.165, 1.54) is 12.5 Å². The molecule has 0 fully saturated rings. The zero-order valence-corrected chi connectivity index (χ0v) is 10.6. The smallest absolute Gasteiger partial charge is 0.307 e. The van der Waals surface area contributed by atoms with Gasteiger partial charge in [0.1, 0.15) is 0 Å². The summed E-state index contributed by atoms with van der Waals surface area (Å²) >= 11 is 0. The highest BCUT2D eigenvalue weighted by molar-refractivity contribution is 5.66. The van der Waals surface area contributed by atoms with Crippen LogP contribution in [0.5, 0.6) is 0 Å². The fourth-order valence-corrected chi connectivity index (χ4v) is 0.706. The maximum absolute atomic E-state index is 9.75. The Kier molecular flexibility index (Phi) is 14.2. The third-order valence-electron chi connectivity index (χ3n) is 1.28. The second-order valence-electron chi connectivity index (χ2n) is 2.80. The lowest BCUT2D eigenvalue weighted by Gasteiger charge is -1.85. The topological polar surface area (TPSA) is 26.3 Å². The molecule has 1 aromatic rings. The molecule has 0 atom stereocenters. The Morgan fingerprint density at radius 1 is 1.18 bits per heavy atom. The van der Waals surface area contributed by atoms with E-state index in [9.17, 15) is 4.79 Å². The van der Waals surface area contributed by atoms with Crippen LogP contribution in [0.1, 0.15) is 19.4 Å². The van der Waals surface area contributed by atoms with Crippen LogP contribution in [0.4, 0.5) is 0 Å². The third kappa shape index (κ3) is 16.6. The highest BCUT2D eigenvalue weighted by Gasteiger charge is 1.79. The predicted molar refractivity (Wildman–Crippen MR) is 74.4 cm³/mol. The average molecular weight is 232 g/mol. The molecule has 2 heteroatoms. The number of hydrogen-bond donors (Lipinski definition) is 0. The Balaban J connectivity index is 0. The molecule has 0 spiro atoms. The van der Waals surface area contributed by atoms with E-state index in [0.717, 1.165) is 6.26 Å². The Morgan fingerprint density at radius 2 is 1.65 bits per heavy atom. The molecule has 0 bridgehead atoms. The van der Waals surface area contributed by atoms with Crippen molar-refractivity contribution in [1.82, 2.24) is 0 Å². The van der Waals surface area contributed by atoms with Crippen LogP contribution in [0.15, 0.2) is 62.4 Å². The Morgan fingerprint density at radius 3 is 1.82 bits per heavy atom. The average Bonchev–Trinajstić information content (AvgIpc) is 2.32. The molecule has 0 radical (unpaired) electrons. The monoisotopic (exact) mass is 232 g/mol. The van der Waals surface area contributed by atoms with Crippen LogP contribution >= 0.6 is 0 Å². The van der Waals surface area contributed by atoms with Gasteiger partial charge in [0.15, 0.2) is 0 Å². The molecule has 17 heavy (non-hydrogen) atoms. The van der Waals surface area contributed by atoms with Gasteiger partial charge in [-0.2, -0.15) is 0 Å². The Labute approximate surface area is 104 Å². The molecule has 0 saturated heterocycles. The number of carbonyl (C=O) groups excluding carboxylic acids is 1. The normalized spacial score (nSPS) is 7.18. The van der Waals surface area contributed by atoms with Gasteiger partial charge in [-0.05, 0) is 12.5 Å². The van der Waals surface area contributed by atoms with Gasteiger partial charge in [-0.3, -0.25) is 4.79 Å². The summed E-state index contributed by atoms with van der Waals surface area (Å²) in [5, 5.41) is 0. The standard InChI is InChI=1S/C8H8.C4H6O2.C3H6/c1-2-8-6-4-3-5-7-8;1-3-6-4(2)5;1-3-2/h2-7H,1H2;3H,1H2,2H3;3H,1H2,2H3. The molecule has 92 valence electrons. The molecule has 0 unspecified atom stereocenters. The van der Waals surface area contributed by atoms with Gasteiger partial charge in [0, 0.05) is 6.92 Å². The van der Waals surface area contributed by atoms with Crippen molar-refractivity contribution in [3.05, 3.63) is 68.0 Å². The largest absolute Gasteiger partial charge is 0.435 e. The summed E-state index contributed by atoms with van der Waals surface area (Å²) in [6.45, 7) is 13.4. The first-order valence-electron chi connectivity index (χ1n) is 5.15. The van der Waals surface area contributed by atoms with Crippen LogP contribution in [0.2, 0.25) is 0 Å². The Bertz CT molecular complexity index is 326. The van der Waals surface area contributed by atoms with Crippen molar-refractivity contribution in [2.45, 2.75) is 13.8 Å². The van der Waals surface area contributed by atoms with Crippen LogP contribution in [-0.4, -0.2) is 5.97 Å². The molecule has 0 heterocycles. The minimum Gasteiger partial charge on any atom is -0.435 e. The van der Waals surface area contributed by atoms with E-state index in [4.69, 9.17) is 0 Å². The summed E-state index contributed by atoms with van der Waals surface area (Å²) in [5.74, 6) is -0.329. The molecule has 1 rings (SSSR count). The van der Waals surface area contributed by atoms with E-state index in [1.54, 1.807) is 6.08 Å². The first-order chi connectivity index (χ1) is 8.12. The van der Waals surface area contributed by atoms with Gasteiger partial charge in [0.05, 0.1) is 6.26 Å². The van der Waals surface area contributed by atoms with Gasteiger partial charge in [-0.25, -0.2) is 0 Å². The van der Waals surface area contributed by atoms with Crippen LogP contribution in [-0.2, 0) is 9.53 Å². The number of hydrogen-bond acceptors (Lipinski definition) is 2. The zero-order chi connectivity index (χ0) is 13.5. The fourth-order valence-electron chi connectivity index (χ4n) is 0.706. The molecule has 1 aromatic carbocycles. The van der Waals surface area contributed by atoms with Crippen molar-refractivity contribution in [2.24, 2.45) is 0 Å². The number of benzene rings is 1. The highest BCUT2D eigenvalue weighted by atomic mass is 16.5. The lowest BCUT2D eigenvalue weighted by Crippen LogP contribution is -1.87. The highest BCUT2D eigenvalue weighted by Crippen LogP contribution is 1.97. The molecule has 0 aliphatic carbocycles. The van der Waals surface area contributed by atoms with Gasteiger partial charge < -0.3 is 4.74 Å². The van der Waals surface area contributed by atoms with E-state index < -0.39 is 0 Å². The summed E-state index contributed by atoms with van der Waals surface area (Å²) in [4.78, 5) is 9.75. The molecular formula is C15H20O2. The summed E-state index contributed by atoms with van der Waals surface area (Å²) in [5.41, 5.74) is 1.17. The lowest BCUT2D eigenvalue weighted by atomic mass is 10.2. The van der Waals surface area contributed by atoms with E-state index in [1.807, 2.05) is 43.3 Å². The molecule has 0 aromatic heterocycles. The molecular weight excluding hydrogens is 212 g/mol. The van der Waals surface area contributed by atoms with E-state index in [-0.39, 0.29) is 5.97 Å². The van der Waals surface area contributed by atoms with Crippen LogP contribution in [0.3, 0.4) is 0 Å². The molecule has 0 aliphatic rings. The number of carbonyl (C=O) groups is 1. The summed E-state index contributed by atoms with van der Waals surface area (Å²) in [6, 6.07) is 10.0. The second kappa shape index (κ2) is 13.9. The SMILES string of the molecule is C=CC.C=COC(C)=O.C=Cc1ccccc1. The predicted octanol–water partition coefficient (Wildman–Crippen LogP) is 4.21. The lowest BCUT2D eigenvalue weighted by molar-refractivity contribution is -0.135. The molecule has 0 amide bonds. The minimum absolute atomic E-state index is 0.329. The summed E-state index contributed by atoms with van der Waals surface area (Å²) < 4.78 is 4.17. The van der Waals surface area contributed by atoms with Crippen molar-refractivity contribution in [2.75, 3.05) is 0 Å². The van der Waals surface area contributed by atoms with Crippen molar-refractivity contribution >= 4 is 12.0 Å². The van der Waals surface area contributed by atoms with Crippen LogP contribution in [0.25, 0.3) is 6.08 Å². The first-order valence-corrected chi connectivity index (χ1v) is 5.15. The molecule has 0 N–H and O–H groups in total. The third-order valence-corrected chi connectivity index (χ3v) is 1.28. The van der Waals surface area contributed by atoms with Crippen molar-refractivity contribution < 1.29 is 9.53 Å². The van der Waals surface area contributed by atoms with Crippen molar-refractivity contribution in [3.63, 3.8) is 0 Å². The van der Waals surface area contributed by atoms with E-state index in [0.29, 0.717) is 0 Å². The van der Waals surface area contributed by atoms with Gasteiger partial charge >= 0.3 is 5.97 Å². The maximum Gasteiger partial charge on any atom is 0.307 e. The van der Waals surface area contributed by atoms with E-state index >= 15 is 0 Å². The van der Waals surface area contributed by atoms with Gasteiger partial charge in [-0.1, -0.05) is 55.6 Å². The molecule has 0 aliphatic heterocycles. The first kappa shape index (κ1) is 17.3. The van der Waals surface area contributed by atoms with Gasteiger partial charge in [0.25, 0.3) is 0 Å². The Hall–Kier alpha value is -2.09. The fraction of sp³-hybridized carbons (Fsp3) is 0.133. The maximum atomic E-state index is 9.75. The van der Waals surface area contributed by atoms with Crippen LogP contribution in [0, 0.1) is 0 Å². The van der Waals surface area contributed by atoms with Crippen LogP contribution < -0.4 is 0 Å². The molecule has 2 nitrogen and oxygen atoms in total. The number of rotatable bonds is 2. The zero-order valence-electron chi connectivity index (χ0n) is 10.6. The minimum atomic E-state index is -0.329. The second-order valence-corrected chi connectivity index (χ2v) is 2.80. The summed E-state index contributed by atoms with van der Waals surface area (Å²) in [7, 11) is 0. The number of ether oxygens (including phenoxy) is 1. The number of allylic oxidation sites excluding steroid dienone is 1. The van der Waals surface area contributed by atoms with Crippen molar-refractivity contribution in [3.8, 4) is 0 Å². The quantitative estimate of drug-likeness (QED) is 0.433. The van der Waals surface area contributed by atoms with Gasteiger partial charge in [0.2, 0.25) is 0 Å².